The number of benzene rings is 1. The van der Waals surface area contributed by atoms with Gasteiger partial charge >= 0.3 is 0 Å². The number of thioether (sulfide) groups is 1. The molecule has 0 saturated heterocycles. The van der Waals surface area contributed by atoms with E-state index >= 15 is 0 Å². The van der Waals surface area contributed by atoms with Gasteiger partial charge in [-0.15, -0.1) is 11.8 Å². The fourth-order valence-electron chi connectivity index (χ4n) is 1.02. The van der Waals surface area contributed by atoms with Gasteiger partial charge in [-0.3, -0.25) is 4.79 Å². The summed E-state index contributed by atoms with van der Waals surface area (Å²) in [4.78, 5) is 11.5. The molecule has 0 atom stereocenters. The average molecular weight is 278 g/mol. The molecule has 0 fully saturated rings. The van der Waals surface area contributed by atoms with Crippen LogP contribution in [0.25, 0.3) is 0 Å². The van der Waals surface area contributed by atoms with Crippen LogP contribution in [-0.2, 0) is 4.79 Å². The van der Waals surface area contributed by atoms with Gasteiger partial charge in [0.15, 0.2) is 0 Å². The van der Waals surface area contributed by atoms with Crippen molar-refractivity contribution in [1.82, 2.24) is 0 Å². The van der Waals surface area contributed by atoms with E-state index < -0.39 is 0 Å². The van der Waals surface area contributed by atoms with Gasteiger partial charge in [-0.05, 0) is 23.4 Å². The molecule has 0 aromatic heterocycles. The number of carbonyl (C=O) groups excluding carboxylic acids is 1. The molecule has 1 aromatic rings. The molecule has 1 amide bonds. The van der Waals surface area contributed by atoms with Crippen LogP contribution in [0.4, 0.5) is 5.69 Å². The molecule has 0 aliphatic rings. The van der Waals surface area contributed by atoms with E-state index in [0.29, 0.717) is 26.7 Å². The van der Waals surface area contributed by atoms with Gasteiger partial charge in [0, 0.05) is 5.02 Å². The summed E-state index contributed by atoms with van der Waals surface area (Å²) >= 11 is 13.3. The smallest absolute Gasteiger partial charge is 0.234 e. The molecule has 0 unspecified atom stereocenters. The number of anilines is 1. The number of nitrogens with one attached hydrogen (secondary N) is 1. The standard InChI is InChI=1S/C11H13Cl2NOS/c1-7(2)16-6-11(15)14-10-4-3-8(12)5-9(10)13/h3-5,7H,6H2,1-2H3,(H,14,15). The number of hydrogen-bond donors (Lipinski definition) is 1. The summed E-state index contributed by atoms with van der Waals surface area (Å²) in [7, 11) is 0. The van der Waals surface area contributed by atoms with Gasteiger partial charge in [-0.2, -0.15) is 0 Å². The van der Waals surface area contributed by atoms with Crippen molar-refractivity contribution in [3.8, 4) is 0 Å². The molecule has 0 bridgehead atoms. The van der Waals surface area contributed by atoms with Gasteiger partial charge in [-0.25, -0.2) is 0 Å². The lowest BCUT2D eigenvalue weighted by atomic mass is 10.3. The summed E-state index contributed by atoms with van der Waals surface area (Å²) < 4.78 is 0. The van der Waals surface area contributed by atoms with E-state index in [-0.39, 0.29) is 5.91 Å². The molecule has 1 aromatic carbocycles. The molecular weight excluding hydrogens is 265 g/mol. The van der Waals surface area contributed by atoms with Crippen molar-refractivity contribution in [3.05, 3.63) is 28.2 Å². The van der Waals surface area contributed by atoms with E-state index in [4.69, 9.17) is 23.2 Å². The third kappa shape index (κ3) is 4.64. The summed E-state index contributed by atoms with van der Waals surface area (Å²) in [5, 5.41) is 4.19. The maximum absolute atomic E-state index is 11.5. The minimum absolute atomic E-state index is 0.0528. The topological polar surface area (TPSA) is 29.1 Å². The fourth-order valence-corrected chi connectivity index (χ4v) is 2.03. The highest BCUT2D eigenvalue weighted by Gasteiger charge is 2.07. The van der Waals surface area contributed by atoms with Crippen molar-refractivity contribution in [1.29, 1.82) is 0 Å². The third-order valence-electron chi connectivity index (χ3n) is 1.75. The minimum Gasteiger partial charge on any atom is -0.324 e. The van der Waals surface area contributed by atoms with Crippen molar-refractivity contribution in [2.24, 2.45) is 0 Å². The zero-order valence-corrected chi connectivity index (χ0v) is 11.4. The molecule has 0 radical (unpaired) electrons. The van der Waals surface area contributed by atoms with Crippen molar-refractivity contribution in [3.63, 3.8) is 0 Å². The SMILES string of the molecule is CC(C)SCC(=O)Nc1ccc(Cl)cc1Cl. The molecule has 1 N–H and O–H groups in total. The van der Waals surface area contributed by atoms with Crippen LogP contribution in [-0.4, -0.2) is 16.9 Å². The number of amides is 1. The van der Waals surface area contributed by atoms with E-state index in [1.54, 1.807) is 30.0 Å². The number of hydrogen-bond acceptors (Lipinski definition) is 2. The van der Waals surface area contributed by atoms with Crippen LogP contribution in [0.1, 0.15) is 13.8 Å². The van der Waals surface area contributed by atoms with E-state index in [9.17, 15) is 4.79 Å². The van der Waals surface area contributed by atoms with E-state index in [0.717, 1.165) is 0 Å². The summed E-state index contributed by atoms with van der Waals surface area (Å²) in [6, 6.07) is 5.00. The summed E-state index contributed by atoms with van der Waals surface area (Å²) in [6.07, 6.45) is 0. The molecule has 2 nitrogen and oxygen atoms in total. The Morgan fingerprint density at radius 2 is 2.12 bits per heavy atom. The van der Waals surface area contributed by atoms with Crippen molar-refractivity contribution in [2.45, 2.75) is 19.1 Å². The molecule has 0 aliphatic heterocycles. The predicted molar refractivity (Wildman–Crippen MR) is 72.7 cm³/mol. The summed E-state index contributed by atoms with van der Waals surface area (Å²) in [6.45, 7) is 4.10. The average Bonchev–Trinajstić information content (AvgIpc) is 2.19. The molecule has 1 rings (SSSR count). The Morgan fingerprint density at radius 1 is 1.44 bits per heavy atom. The highest BCUT2D eigenvalue weighted by Crippen LogP contribution is 2.25. The summed E-state index contributed by atoms with van der Waals surface area (Å²) in [5.74, 6) is 0.374. The van der Waals surface area contributed by atoms with Gasteiger partial charge in [0.25, 0.3) is 0 Å². The van der Waals surface area contributed by atoms with E-state index in [1.165, 1.54) is 0 Å². The van der Waals surface area contributed by atoms with E-state index in [2.05, 4.69) is 5.32 Å². The Labute approximate surface area is 110 Å². The Kier molecular flexibility index (Phi) is 5.46. The van der Waals surface area contributed by atoms with Crippen LogP contribution in [0.5, 0.6) is 0 Å². The number of rotatable bonds is 4. The van der Waals surface area contributed by atoms with Crippen LogP contribution in [0.3, 0.4) is 0 Å². The second kappa shape index (κ2) is 6.38. The Hall–Kier alpha value is -0.380. The van der Waals surface area contributed by atoms with Gasteiger partial charge in [0.1, 0.15) is 0 Å². The van der Waals surface area contributed by atoms with Crippen molar-refractivity contribution in [2.75, 3.05) is 11.1 Å². The third-order valence-corrected chi connectivity index (χ3v) is 3.40. The molecule has 0 saturated carbocycles. The molecule has 88 valence electrons. The maximum atomic E-state index is 11.5. The van der Waals surface area contributed by atoms with Crippen LogP contribution in [0, 0.1) is 0 Å². The first-order valence-electron chi connectivity index (χ1n) is 4.85. The van der Waals surface area contributed by atoms with Crippen LogP contribution >= 0.6 is 35.0 Å². The van der Waals surface area contributed by atoms with Crippen LogP contribution in [0.2, 0.25) is 10.0 Å². The predicted octanol–water partition coefficient (Wildman–Crippen LogP) is 4.07. The van der Waals surface area contributed by atoms with Crippen LogP contribution in [0.15, 0.2) is 18.2 Å². The first-order chi connectivity index (χ1) is 7.49. The normalized spacial score (nSPS) is 10.6. The van der Waals surface area contributed by atoms with Gasteiger partial charge in [0.2, 0.25) is 5.91 Å². The number of halogens is 2. The highest BCUT2D eigenvalue weighted by molar-refractivity contribution is 8.00. The second-order valence-corrected chi connectivity index (χ2v) is 5.94. The summed E-state index contributed by atoms with van der Waals surface area (Å²) in [5.41, 5.74) is 0.598. The van der Waals surface area contributed by atoms with Crippen molar-refractivity contribution >= 4 is 46.6 Å². The molecule has 0 spiro atoms. The van der Waals surface area contributed by atoms with E-state index in [1.807, 2.05) is 13.8 Å². The van der Waals surface area contributed by atoms with Gasteiger partial charge in [-0.1, -0.05) is 37.0 Å². The maximum Gasteiger partial charge on any atom is 0.234 e. The Bertz CT molecular complexity index is 382. The molecular formula is C11H13Cl2NOS. The molecule has 5 heteroatoms. The zero-order chi connectivity index (χ0) is 12.1. The second-order valence-electron chi connectivity index (χ2n) is 3.53. The molecule has 0 heterocycles. The first kappa shape index (κ1) is 13.7. The van der Waals surface area contributed by atoms with Gasteiger partial charge < -0.3 is 5.32 Å². The quantitative estimate of drug-likeness (QED) is 0.899. The minimum atomic E-state index is -0.0528. The largest absolute Gasteiger partial charge is 0.324 e. The first-order valence-corrected chi connectivity index (χ1v) is 6.66. The monoisotopic (exact) mass is 277 g/mol. The number of carbonyl (C=O) groups is 1. The molecule has 16 heavy (non-hydrogen) atoms. The lowest BCUT2D eigenvalue weighted by Gasteiger charge is -2.08. The lowest BCUT2D eigenvalue weighted by molar-refractivity contribution is -0.113. The van der Waals surface area contributed by atoms with Gasteiger partial charge in [0.05, 0.1) is 16.5 Å². The Morgan fingerprint density at radius 3 is 2.69 bits per heavy atom. The lowest BCUT2D eigenvalue weighted by Crippen LogP contribution is -2.15. The molecule has 0 aliphatic carbocycles. The fraction of sp³-hybridized carbons (Fsp3) is 0.364. The highest BCUT2D eigenvalue weighted by atomic mass is 35.5. The Balaban J connectivity index is 2.56. The van der Waals surface area contributed by atoms with Crippen molar-refractivity contribution < 1.29 is 4.79 Å². The zero-order valence-electron chi connectivity index (χ0n) is 9.09. The van der Waals surface area contributed by atoms with Crippen LogP contribution < -0.4 is 5.32 Å².